The minimum Gasteiger partial charge on any atom is -0.391 e. The standard InChI is InChI=1S/C9H19NO/c1-7(10)9(11)8-5-3-2-4-6-8/h7-9,11H,2-6,10H2,1H3/t7-,9-/m1/s1. The van der Waals surface area contributed by atoms with Crippen LogP contribution in [-0.2, 0) is 0 Å². The maximum Gasteiger partial charge on any atom is 0.0716 e. The molecular weight excluding hydrogens is 138 g/mol. The molecule has 11 heavy (non-hydrogen) atoms. The van der Waals surface area contributed by atoms with Gasteiger partial charge in [0.1, 0.15) is 0 Å². The Morgan fingerprint density at radius 3 is 2.27 bits per heavy atom. The van der Waals surface area contributed by atoms with Gasteiger partial charge < -0.3 is 10.8 Å². The monoisotopic (exact) mass is 157 g/mol. The van der Waals surface area contributed by atoms with Gasteiger partial charge in [-0.1, -0.05) is 19.3 Å². The molecule has 2 nitrogen and oxygen atoms in total. The van der Waals surface area contributed by atoms with Crippen LogP contribution in [0.4, 0.5) is 0 Å². The first-order chi connectivity index (χ1) is 5.22. The molecule has 0 aromatic rings. The Labute approximate surface area is 68.8 Å². The lowest BCUT2D eigenvalue weighted by molar-refractivity contribution is 0.0670. The van der Waals surface area contributed by atoms with Crippen molar-refractivity contribution in [1.82, 2.24) is 0 Å². The van der Waals surface area contributed by atoms with Crippen LogP contribution in [0.2, 0.25) is 0 Å². The highest BCUT2D eigenvalue weighted by atomic mass is 16.3. The zero-order chi connectivity index (χ0) is 8.27. The summed E-state index contributed by atoms with van der Waals surface area (Å²) in [6, 6.07) is -0.0573. The van der Waals surface area contributed by atoms with E-state index in [9.17, 15) is 5.11 Å². The Kier molecular flexibility index (Phi) is 3.34. The Bertz CT molecular complexity index is 108. The van der Waals surface area contributed by atoms with Gasteiger partial charge in [-0.15, -0.1) is 0 Å². The van der Waals surface area contributed by atoms with Gasteiger partial charge in [0.2, 0.25) is 0 Å². The van der Waals surface area contributed by atoms with Gasteiger partial charge in [0.25, 0.3) is 0 Å². The molecule has 0 unspecified atom stereocenters. The Morgan fingerprint density at radius 1 is 1.27 bits per heavy atom. The van der Waals surface area contributed by atoms with E-state index >= 15 is 0 Å². The average molecular weight is 157 g/mol. The molecule has 66 valence electrons. The minimum atomic E-state index is -0.268. The number of aliphatic hydroxyl groups is 1. The van der Waals surface area contributed by atoms with Crippen molar-refractivity contribution in [3.8, 4) is 0 Å². The van der Waals surface area contributed by atoms with Crippen molar-refractivity contribution in [2.24, 2.45) is 11.7 Å². The lowest BCUT2D eigenvalue weighted by Gasteiger charge is -2.28. The van der Waals surface area contributed by atoms with Gasteiger partial charge in [-0.3, -0.25) is 0 Å². The number of hydrogen-bond donors (Lipinski definition) is 2. The zero-order valence-corrected chi connectivity index (χ0v) is 7.29. The van der Waals surface area contributed by atoms with Crippen molar-refractivity contribution >= 4 is 0 Å². The van der Waals surface area contributed by atoms with E-state index in [0.717, 1.165) is 0 Å². The third-order valence-electron chi connectivity index (χ3n) is 2.67. The zero-order valence-electron chi connectivity index (χ0n) is 7.29. The first kappa shape index (κ1) is 9.01. The van der Waals surface area contributed by atoms with Crippen molar-refractivity contribution in [3.05, 3.63) is 0 Å². The summed E-state index contributed by atoms with van der Waals surface area (Å²) >= 11 is 0. The summed E-state index contributed by atoms with van der Waals surface area (Å²) < 4.78 is 0. The molecule has 0 bridgehead atoms. The summed E-state index contributed by atoms with van der Waals surface area (Å²) in [5.74, 6) is 0.476. The normalized spacial score (nSPS) is 26.5. The van der Waals surface area contributed by atoms with Crippen LogP contribution in [0.5, 0.6) is 0 Å². The molecule has 0 amide bonds. The van der Waals surface area contributed by atoms with Gasteiger partial charge >= 0.3 is 0 Å². The van der Waals surface area contributed by atoms with Crippen LogP contribution in [-0.4, -0.2) is 17.3 Å². The summed E-state index contributed by atoms with van der Waals surface area (Å²) in [5.41, 5.74) is 5.62. The molecule has 2 heteroatoms. The van der Waals surface area contributed by atoms with Crippen LogP contribution in [0.15, 0.2) is 0 Å². The largest absolute Gasteiger partial charge is 0.391 e. The van der Waals surface area contributed by atoms with E-state index in [1.165, 1.54) is 32.1 Å². The van der Waals surface area contributed by atoms with Gasteiger partial charge in [-0.05, 0) is 25.7 Å². The molecule has 1 aliphatic carbocycles. The summed E-state index contributed by atoms with van der Waals surface area (Å²) in [5, 5.41) is 9.63. The highest BCUT2D eigenvalue weighted by molar-refractivity contribution is 4.78. The van der Waals surface area contributed by atoms with Crippen molar-refractivity contribution in [3.63, 3.8) is 0 Å². The van der Waals surface area contributed by atoms with E-state index in [4.69, 9.17) is 5.73 Å². The second-order valence-corrected chi connectivity index (χ2v) is 3.75. The fraction of sp³-hybridized carbons (Fsp3) is 1.00. The van der Waals surface area contributed by atoms with Gasteiger partial charge in [-0.25, -0.2) is 0 Å². The topological polar surface area (TPSA) is 46.2 Å². The summed E-state index contributed by atoms with van der Waals surface area (Å²) in [6.45, 7) is 1.89. The molecule has 2 atom stereocenters. The molecule has 0 aromatic heterocycles. The molecular formula is C9H19NO. The van der Waals surface area contributed by atoms with E-state index in [0.29, 0.717) is 5.92 Å². The first-order valence-electron chi connectivity index (χ1n) is 4.65. The molecule has 0 radical (unpaired) electrons. The molecule has 1 saturated carbocycles. The molecule has 1 fully saturated rings. The van der Waals surface area contributed by atoms with Crippen LogP contribution >= 0.6 is 0 Å². The van der Waals surface area contributed by atoms with E-state index in [1.807, 2.05) is 6.92 Å². The van der Waals surface area contributed by atoms with Gasteiger partial charge in [-0.2, -0.15) is 0 Å². The second kappa shape index (κ2) is 4.07. The van der Waals surface area contributed by atoms with E-state index in [1.54, 1.807) is 0 Å². The van der Waals surface area contributed by atoms with Crippen LogP contribution < -0.4 is 5.73 Å². The minimum absolute atomic E-state index is 0.0573. The van der Waals surface area contributed by atoms with Crippen molar-refractivity contribution < 1.29 is 5.11 Å². The molecule has 1 rings (SSSR count). The Hall–Kier alpha value is -0.0800. The summed E-state index contributed by atoms with van der Waals surface area (Å²) in [7, 11) is 0. The van der Waals surface area contributed by atoms with Crippen molar-refractivity contribution in [1.29, 1.82) is 0 Å². The predicted molar refractivity (Wildman–Crippen MR) is 46.2 cm³/mol. The molecule has 1 aliphatic rings. The number of aliphatic hydroxyl groups excluding tert-OH is 1. The molecule has 0 aromatic carbocycles. The van der Waals surface area contributed by atoms with E-state index in [2.05, 4.69) is 0 Å². The van der Waals surface area contributed by atoms with E-state index in [-0.39, 0.29) is 12.1 Å². The predicted octanol–water partition coefficient (Wildman–Crippen LogP) is 1.27. The van der Waals surface area contributed by atoms with Crippen molar-refractivity contribution in [2.75, 3.05) is 0 Å². The number of rotatable bonds is 2. The highest BCUT2D eigenvalue weighted by Gasteiger charge is 2.23. The average Bonchev–Trinajstić information content (AvgIpc) is 2.05. The van der Waals surface area contributed by atoms with Crippen LogP contribution in [0, 0.1) is 5.92 Å². The van der Waals surface area contributed by atoms with E-state index < -0.39 is 0 Å². The second-order valence-electron chi connectivity index (χ2n) is 3.75. The lowest BCUT2D eigenvalue weighted by Crippen LogP contribution is -2.38. The highest BCUT2D eigenvalue weighted by Crippen LogP contribution is 2.27. The number of hydrogen-bond acceptors (Lipinski definition) is 2. The summed E-state index contributed by atoms with van der Waals surface area (Å²) in [6.07, 6.45) is 5.95. The molecule has 0 heterocycles. The third kappa shape index (κ3) is 2.46. The number of nitrogens with two attached hydrogens (primary N) is 1. The van der Waals surface area contributed by atoms with Gasteiger partial charge in [0.15, 0.2) is 0 Å². The molecule has 3 N–H and O–H groups in total. The quantitative estimate of drug-likeness (QED) is 0.634. The van der Waals surface area contributed by atoms with Crippen molar-refractivity contribution in [2.45, 2.75) is 51.2 Å². The maximum atomic E-state index is 9.63. The fourth-order valence-electron chi connectivity index (χ4n) is 1.90. The molecule has 0 aliphatic heterocycles. The fourth-order valence-corrected chi connectivity index (χ4v) is 1.90. The Morgan fingerprint density at radius 2 is 1.82 bits per heavy atom. The third-order valence-corrected chi connectivity index (χ3v) is 2.67. The maximum absolute atomic E-state index is 9.63. The first-order valence-corrected chi connectivity index (χ1v) is 4.65. The summed E-state index contributed by atoms with van der Waals surface area (Å²) in [4.78, 5) is 0. The SMILES string of the molecule is C[C@@H](N)[C@@H](O)C1CCCCC1. The smallest absolute Gasteiger partial charge is 0.0716 e. The Balaban J connectivity index is 2.32. The lowest BCUT2D eigenvalue weighted by atomic mass is 9.83. The molecule has 0 saturated heterocycles. The van der Waals surface area contributed by atoms with Gasteiger partial charge in [0.05, 0.1) is 6.10 Å². The van der Waals surface area contributed by atoms with Crippen LogP contribution in [0.3, 0.4) is 0 Å². The van der Waals surface area contributed by atoms with Crippen LogP contribution in [0.25, 0.3) is 0 Å². The van der Waals surface area contributed by atoms with Gasteiger partial charge in [0, 0.05) is 6.04 Å². The molecule has 0 spiro atoms. The van der Waals surface area contributed by atoms with Crippen LogP contribution in [0.1, 0.15) is 39.0 Å².